The molecular weight excluding hydrogens is 320 g/mol. The van der Waals surface area contributed by atoms with E-state index in [1.807, 2.05) is 35.9 Å². The third kappa shape index (κ3) is 3.13. The Kier molecular flexibility index (Phi) is 4.13. The highest BCUT2D eigenvalue weighted by Crippen LogP contribution is 2.15. The van der Waals surface area contributed by atoms with Crippen molar-refractivity contribution in [2.75, 3.05) is 5.32 Å². The van der Waals surface area contributed by atoms with Crippen LogP contribution < -0.4 is 15.5 Å². The van der Waals surface area contributed by atoms with Crippen molar-refractivity contribution >= 4 is 44.9 Å². The number of nitrogens with zero attached hydrogens (tertiary/aromatic N) is 2. The van der Waals surface area contributed by atoms with Crippen LogP contribution in [0.2, 0.25) is 5.02 Å². The van der Waals surface area contributed by atoms with Gasteiger partial charge in [-0.1, -0.05) is 35.1 Å². The number of halogens is 1. The molecule has 0 unspecified atom stereocenters. The van der Waals surface area contributed by atoms with Crippen LogP contribution in [0, 0.1) is 0 Å². The Labute approximate surface area is 135 Å². The summed E-state index contributed by atoms with van der Waals surface area (Å²) in [4.78, 5) is 12.6. The molecular formula is C15H13ClN4OS. The van der Waals surface area contributed by atoms with E-state index in [0.717, 1.165) is 10.2 Å². The lowest BCUT2D eigenvalue weighted by Crippen LogP contribution is -2.27. The molecule has 7 heteroatoms. The Morgan fingerprint density at radius 2 is 1.91 bits per heavy atom. The Balaban J connectivity index is 1.76. The number of urea groups is 1. The molecule has 1 aromatic heterocycles. The van der Waals surface area contributed by atoms with Crippen LogP contribution >= 0.6 is 22.9 Å². The van der Waals surface area contributed by atoms with Gasteiger partial charge in [-0.15, -0.1) is 5.10 Å². The fourth-order valence-electron chi connectivity index (χ4n) is 1.98. The number of rotatable bonds is 2. The number of hydrogen-bond donors (Lipinski definition) is 2. The van der Waals surface area contributed by atoms with Crippen LogP contribution in [0.3, 0.4) is 0 Å². The summed E-state index contributed by atoms with van der Waals surface area (Å²) < 4.78 is 3.05. The van der Waals surface area contributed by atoms with Crippen molar-refractivity contribution in [3.8, 4) is 0 Å². The molecule has 0 aliphatic heterocycles. The van der Waals surface area contributed by atoms with Crippen molar-refractivity contribution in [3.63, 3.8) is 0 Å². The highest BCUT2D eigenvalue weighted by atomic mass is 35.5. The molecule has 2 N–H and O–H groups in total. The Morgan fingerprint density at radius 3 is 2.64 bits per heavy atom. The van der Waals surface area contributed by atoms with Crippen LogP contribution in [0.5, 0.6) is 0 Å². The maximum absolute atomic E-state index is 11.8. The second kappa shape index (κ2) is 6.21. The van der Waals surface area contributed by atoms with Crippen LogP contribution in [-0.2, 0) is 7.05 Å². The predicted molar refractivity (Wildman–Crippen MR) is 90.0 cm³/mol. The Bertz CT molecular complexity index is 882. The normalized spacial score (nSPS) is 11.6. The minimum atomic E-state index is -0.403. The number of thiazole rings is 1. The molecule has 112 valence electrons. The van der Waals surface area contributed by atoms with E-state index in [0.29, 0.717) is 15.5 Å². The van der Waals surface area contributed by atoms with Gasteiger partial charge in [0.05, 0.1) is 10.2 Å². The topological polar surface area (TPSA) is 58.4 Å². The third-order valence-corrected chi connectivity index (χ3v) is 4.43. The van der Waals surface area contributed by atoms with Gasteiger partial charge in [0.25, 0.3) is 0 Å². The van der Waals surface area contributed by atoms with Crippen LogP contribution in [-0.4, -0.2) is 10.6 Å². The molecule has 1 heterocycles. The standard InChI is InChI=1S/C15H13ClN4OS/c1-20-12-4-2-3-5-13(12)22-15(20)19-18-14(21)17-11-8-6-10(16)7-9-11/h2-9H,1H3,(H2,17,18,21). The highest BCUT2D eigenvalue weighted by molar-refractivity contribution is 7.16. The maximum Gasteiger partial charge on any atom is 0.339 e. The summed E-state index contributed by atoms with van der Waals surface area (Å²) in [5.74, 6) is 0. The first kappa shape index (κ1) is 14.6. The van der Waals surface area contributed by atoms with E-state index in [9.17, 15) is 4.79 Å². The first-order chi connectivity index (χ1) is 10.6. The van der Waals surface area contributed by atoms with Gasteiger partial charge in [0.1, 0.15) is 0 Å². The molecule has 0 atom stereocenters. The van der Waals surface area contributed by atoms with Crippen LogP contribution in [0.15, 0.2) is 53.6 Å². The minimum Gasteiger partial charge on any atom is -0.318 e. The summed E-state index contributed by atoms with van der Waals surface area (Å²) in [5.41, 5.74) is 4.22. The zero-order valence-corrected chi connectivity index (χ0v) is 13.3. The first-order valence-corrected chi connectivity index (χ1v) is 7.74. The molecule has 0 saturated carbocycles. The van der Waals surface area contributed by atoms with E-state index in [4.69, 9.17) is 11.6 Å². The lowest BCUT2D eigenvalue weighted by atomic mass is 10.3. The van der Waals surface area contributed by atoms with Crippen molar-refractivity contribution in [1.82, 2.24) is 9.99 Å². The molecule has 3 rings (SSSR count). The molecule has 0 spiro atoms. The summed E-state index contributed by atoms with van der Waals surface area (Å²) in [6, 6.07) is 14.4. The van der Waals surface area contributed by atoms with E-state index >= 15 is 0 Å². The van der Waals surface area contributed by atoms with Crippen LogP contribution in [0.25, 0.3) is 10.2 Å². The van der Waals surface area contributed by atoms with Gasteiger partial charge in [-0.2, -0.15) is 0 Å². The monoisotopic (exact) mass is 332 g/mol. The van der Waals surface area contributed by atoms with Crippen LogP contribution in [0.4, 0.5) is 10.5 Å². The molecule has 2 amide bonds. The molecule has 3 aromatic rings. The number of aromatic nitrogens is 1. The molecule has 0 aliphatic carbocycles. The van der Waals surface area contributed by atoms with E-state index in [-0.39, 0.29) is 0 Å². The van der Waals surface area contributed by atoms with E-state index < -0.39 is 6.03 Å². The predicted octanol–water partition coefficient (Wildman–Crippen LogP) is 3.53. The third-order valence-electron chi connectivity index (χ3n) is 3.07. The number of nitrogens with one attached hydrogen (secondary N) is 2. The van der Waals surface area contributed by atoms with Crippen molar-refractivity contribution in [2.24, 2.45) is 12.1 Å². The van der Waals surface area contributed by atoms with E-state index in [1.165, 1.54) is 11.3 Å². The number of benzene rings is 2. The average molecular weight is 333 g/mol. The largest absolute Gasteiger partial charge is 0.339 e. The SMILES string of the molecule is Cn1c(=NNC(=O)Nc2ccc(Cl)cc2)sc2ccccc21. The minimum absolute atomic E-state index is 0.403. The summed E-state index contributed by atoms with van der Waals surface area (Å²) in [6.07, 6.45) is 0. The molecule has 5 nitrogen and oxygen atoms in total. The second-order valence-corrected chi connectivity index (χ2v) is 6.04. The number of hydrogen-bond acceptors (Lipinski definition) is 3. The fraction of sp³-hybridized carbons (Fsp3) is 0.0667. The summed E-state index contributed by atoms with van der Waals surface area (Å²) in [5, 5.41) is 7.45. The Hall–Kier alpha value is -2.31. The number of carbonyl (C=O) groups is 1. The van der Waals surface area contributed by atoms with Crippen molar-refractivity contribution in [3.05, 3.63) is 58.4 Å². The molecule has 0 saturated heterocycles. The average Bonchev–Trinajstić information content (AvgIpc) is 2.84. The van der Waals surface area contributed by atoms with E-state index in [1.54, 1.807) is 24.3 Å². The zero-order valence-electron chi connectivity index (χ0n) is 11.7. The second-order valence-electron chi connectivity index (χ2n) is 4.60. The van der Waals surface area contributed by atoms with Gasteiger partial charge in [-0.05, 0) is 36.4 Å². The summed E-state index contributed by atoms with van der Waals surface area (Å²) >= 11 is 7.31. The van der Waals surface area contributed by atoms with Gasteiger partial charge in [0.2, 0.25) is 4.80 Å². The number of fused-ring (bicyclic) bond motifs is 1. The maximum atomic E-state index is 11.8. The van der Waals surface area contributed by atoms with Crippen molar-refractivity contribution in [2.45, 2.75) is 0 Å². The smallest absolute Gasteiger partial charge is 0.318 e. The number of anilines is 1. The molecule has 0 fully saturated rings. The number of aryl methyl sites for hydroxylation is 1. The molecule has 0 bridgehead atoms. The number of para-hydroxylation sites is 1. The van der Waals surface area contributed by atoms with Gasteiger partial charge >= 0.3 is 6.03 Å². The van der Waals surface area contributed by atoms with Gasteiger partial charge in [-0.25, -0.2) is 10.2 Å². The lowest BCUT2D eigenvalue weighted by molar-refractivity contribution is 0.252. The highest BCUT2D eigenvalue weighted by Gasteiger charge is 2.03. The molecule has 2 aromatic carbocycles. The van der Waals surface area contributed by atoms with Gasteiger partial charge in [0, 0.05) is 17.8 Å². The number of amides is 2. The van der Waals surface area contributed by atoms with Gasteiger partial charge in [0.15, 0.2) is 0 Å². The molecule has 0 radical (unpaired) electrons. The van der Waals surface area contributed by atoms with Gasteiger partial charge < -0.3 is 9.88 Å². The zero-order chi connectivity index (χ0) is 15.5. The summed E-state index contributed by atoms with van der Waals surface area (Å²) in [7, 11) is 1.91. The van der Waals surface area contributed by atoms with Crippen LogP contribution in [0.1, 0.15) is 0 Å². The Morgan fingerprint density at radius 1 is 1.18 bits per heavy atom. The lowest BCUT2D eigenvalue weighted by Gasteiger charge is -2.03. The van der Waals surface area contributed by atoms with Gasteiger partial charge in [-0.3, -0.25) is 0 Å². The molecule has 0 aliphatic rings. The quantitative estimate of drug-likeness (QED) is 0.693. The van der Waals surface area contributed by atoms with Crippen molar-refractivity contribution < 1.29 is 4.79 Å². The van der Waals surface area contributed by atoms with E-state index in [2.05, 4.69) is 15.8 Å². The first-order valence-electron chi connectivity index (χ1n) is 6.54. The fourth-order valence-corrected chi connectivity index (χ4v) is 3.08. The summed E-state index contributed by atoms with van der Waals surface area (Å²) in [6.45, 7) is 0. The molecule has 22 heavy (non-hydrogen) atoms. The number of carbonyl (C=O) groups excluding carboxylic acids is 1. The van der Waals surface area contributed by atoms with Crippen molar-refractivity contribution in [1.29, 1.82) is 0 Å².